The number of anilines is 1. The van der Waals surface area contributed by atoms with Crippen molar-refractivity contribution in [2.24, 2.45) is 0 Å². The van der Waals surface area contributed by atoms with Crippen LogP contribution in [0.2, 0.25) is 0 Å². The largest absolute Gasteiger partial charge is 0.477 e. The van der Waals surface area contributed by atoms with E-state index in [-0.39, 0.29) is 17.4 Å². The number of nitrogens with zero attached hydrogens (tertiary/aromatic N) is 2. The van der Waals surface area contributed by atoms with E-state index in [0.717, 1.165) is 25.7 Å². The zero-order chi connectivity index (χ0) is 15.6. The smallest absolute Gasteiger partial charge is 0.413 e. The number of aromatic carboxylic acids is 1. The number of carboxylic acid groups (broad SMARTS) is 1. The van der Waals surface area contributed by atoms with Gasteiger partial charge in [-0.1, -0.05) is 12.8 Å². The Bertz CT molecular complexity index is 539. The second-order valence-electron chi connectivity index (χ2n) is 6.22. The normalized spacial score (nSPS) is 16.0. The number of hydrogen-bond donors (Lipinski definition) is 2. The fourth-order valence-electron chi connectivity index (χ4n) is 2.47. The highest BCUT2D eigenvalue weighted by atomic mass is 16.6. The van der Waals surface area contributed by atoms with Crippen molar-refractivity contribution in [3.05, 3.63) is 11.8 Å². The highest BCUT2D eigenvalue weighted by molar-refractivity contribution is 5.97. The Kier molecular flexibility index (Phi) is 4.20. The molecule has 1 aliphatic rings. The first-order chi connectivity index (χ1) is 9.78. The van der Waals surface area contributed by atoms with Crippen LogP contribution in [0, 0.1) is 0 Å². The van der Waals surface area contributed by atoms with Gasteiger partial charge < -0.3 is 9.84 Å². The number of ether oxygens (including phenoxy) is 1. The monoisotopic (exact) mass is 295 g/mol. The van der Waals surface area contributed by atoms with Crippen molar-refractivity contribution in [2.45, 2.75) is 58.1 Å². The van der Waals surface area contributed by atoms with Gasteiger partial charge in [-0.25, -0.2) is 14.3 Å². The predicted octanol–water partition coefficient (Wildman–Crippen LogP) is 3.04. The van der Waals surface area contributed by atoms with Crippen molar-refractivity contribution in [3.8, 4) is 0 Å². The zero-order valence-electron chi connectivity index (χ0n) is 12.5. The second kappa shape index (κ2) is 5.75. The van der Waals surface area contributed by atoms with Gasteiger partial charge in [0.25, 0.3) is 0 Å². The van der Waals surface area contributed by atoms with Crippen molar-refractivity contribution in [3.63, 3.8) is 0 Å². The Morgan fingerprint density at radius 3 is 2.52 bits per heavy atom. The van der Waals surface area contributed by atoms with Gasteiger partial charge in [0.2, 0.25) is 0 Å². The van der Waals surface area contributed by atoms with E-state index >= 15 is 0 Å². The molecule has 2 rings (SSSR count). The number of amides is 1. The van der Waals surface area contributed by atoms with Crippen molar-refractivity contribution in [1.82, 2.24) is 9.78 Å². The maximum atomic E-state index is 11.9. The molecule has 7 heteroatoms. The minimum atomic E-state index is -1.12. The van der Waals surface area contributed by atoms with Gasteiger partial charge in [-0.2, -0.15) is 5.10 Å². The fourth-order valence-corrected chi connectivity index (χ4v) is 2.47. The average molecular weight is 295 g/mol. The van der Waals surface area contributed by atoms with Crippen LogP contribution < -0.4 is 5.32 Å². The molecule has 0 radical (unpaired) electrons. The molecule has 0 aromatic carbocycles. The fraction of sp³-hybridized carbons (Fsp3) is 0.643. The van der Waals surface area contributed by atoms with E-state index in [1.54, 1.807) is 25.5 Å². The predicted molar refractivity (Wildman–Crippen MR) is 76.5 cm³/mol. The lowest BCUT2D eigenvalue weighted by atomic mass is 10.2. The minimum Gasteiger partial charge on any atom is -0.477 e. The summed E-state index contributed by atoms with van der Waals surface area (Å²) in [5, 5.41) is 15.9. The summed E-state index contributed by atoms with van der Waals surface area (Å²) in [7, 11) is 0. The summed E-state index contributed by atoms with van der Waals surface area (Å²) in [5.41, 5.74) is -0.668. The van der Waals surface area contributed by atoms with Gasteiger partial charge in [-0.3, -0.25) is 5.32 Å². The summed E-state index contributed by atoms with van der Waals surface area (Å²) in [6.07, 6.45) is 4.63. The lowest BCUT2D eigenvalue weighted by molar-refractivity contribution is 0.0634. The topological polar surface area (TPSA) is 93.4 Å². The number of hydrogen-bond acceptors (Lipinski definition) is 4. The first-order valence-corrected chi connectivity index (χ1v) is 7.09. The summed E-state index contributed by atoms with van der Waals surface area (Å²) < 4.78 is 6.78. The van der Waals surface area contributed by atoms with Crippen LogP contribution in [0.4, 0.5) is 10.6 Å². The summed E-state index contributed by atoms with van der Waals surface area (Å²) in [4.78, 5) is 23.2. The number of carbonyl (C=O) groups is 2. The molecule has 0 saturated heterocycles. The summed E-state index contributed by atoms with van der Waals surface area (Å²) in [6, 6.07) is 0.128. The van der Waals surface area contributed by atoms with Crippen LogP contribution in [0.25, 0.3) is 0 Å². The van der Waals surface area contributed by atoms with Crippen LogP contribution in [0.1, 0.15) is 62.9 Å². The van der Waals surface area contributed by atoms with Crippen LogP contribution in [0.5, 0.6) is 0 Å². The molecule has 1 aromatic heterocycles. The first-order valence-electron chi connectivity index (χ1n) is 7.09. The molecule has 7 nitrogen and oxygen atoms in total. The lowest BCUT2D eigenvalue weighted by Crippen LogP contribution is -2.29. The van der Waals surface area contributed by atoms with Crippen LogP contribution >= 0.6 is 0 Å². The quantitative estimate of drug-likeness (QED) is 0.894. The van der Waals surface area contributed by atoms with Crippen LogP contribution in [0.3, 0.4) is 0 Å². The van der Waals surface area contributed by atoms with Crippen LogP contribution in [-0.4, -0.2) is 32.6 Å². The van der Waals surface area contributed by atoms with E-state index in [0.29, 0.717) is 0 Å². The van der Waals surface area contributed by atoms with Gasteiger partial charge in [0.15, 0.2) is 0 Å². The van der Waals surface area contributed by atoms with E-state index in [2.05, 4.69) is 10.4 Å². The summed E-state index contributed by atoms with van der Waals surface area (Å²) in [5.74, 6) is -0.922. The molecule has 1 aromatic rings. The van der Waals surface area contributed by atoms with Gasteiger partial charge >= 0.3 is 12.1 Å². The molecule has 1 aliphatic carbocycles. The maximum Gasteiger partial charge on any atom is 0.413 e. The van der Waals surface area contributed by atoms with E-state index in [1.165, 1.54) is 6.20 Å². The molecule has 21 heavy (non-hydrogen) atoms. The molecule has 0 atom stereocenters. The standard InChI is InChI=1S/C14H21N3O4/c1-14(2,3)21-13(20)16-11-10(12(18)19)8-15-17(11)9-6-4-5-7-9/h8-9H,4-7H2,1-3H3,(H,16,20)(H,18,19). The van der Waals surface area contributed by atoms with E-state index < -0.39 is 17.7 Å². The molecule has 116 valence electrons. The van der Waals surface area contributed by atoms with Crippen LogP contribution in [0.15, 0.2) is 6.20 Å². The highest BCUT2D eigenvalue weighted by Gasteiger charge is 2.27. The SMILES string of the molecule is CC(C)(C)OC(=O)Nc1c(C(=O)O)cnn1C1CCCC1. The Morgan fingerprint density at radius 2 is 2.00 bits per heavy atom. The van der Waals surface area contributed by atoms with Gasteiger partial charge in [0.05, 0.1) is 12.2 Å². The zero-order valence-corrected chi connectivity index (χ0v) is 12.5. The number of rotatable bonds is 3. The van der Waals surface area contributed by atoms with E-state index in [9.17, 15) is 14.7 Å². The molecule has 0 unspecified atom stereocenters. The highest BCUT2D eigenvalue weighted by Crippen LogP contribution is 2.32. The third kappa shape index (κ3) is 3.74. The van der Waals surface area contributed by atoms with Gasteiger partial charge in [-0.15, -0.1) is 0 Å². The summed E-state index contributed by atoms with van der Waals surface area (Å²) in [6.45, 7) is 5.25. The maximum absolute atomic E-state index is 11.9. The van der Waals surface area contributed by atoms with Crippen LogP contribution in [-0.2, 0) is 4.74 Å². The third-order valence-corrected chi connectivity index (χ3v) is 3.32. The molecule has 1 fully saturated rings. The van der Waals surface area contributed by atoms with Crippen molar-refractivity contribution >= 4 is 17.9 Å². The molecule has 0 spiro atoms. The second-order valence-corrected chi connectivity index (χ2v) is 6.22. The van der Waals surface area contributed by atoms with Crippen molar-refractivity contribution in [2.75, 3.05) is 5.32 Å². The van der Waals surface area contributed by atoms with Gasteiger partial charge in [0.1, 0.15) is 17.0 Å². The molecule has 0 bridgehead atoms. The van der Waals surface area contributed by atoms with E-state index in [1.807, 2.05) is 0 Å². The molecule has 1 heterocycles. The Hall–Kier alpha value is -2.05. The Balaban J connectivity index is 2.24. The molecule has 0 aliphatic heterocycles. The van der Waals surface area contributed by atoms with Crippen molar-refractivity contribution < 1.29 is 19.4 Å². The van der Waals surface area contributed by atoms with Crippen molar-refractivity contribution in [1.29, 1.82) is 0 Å². The van der Waals surface area contributed by atoms with Gasteiger partial charge in [-0.05, 0) is 33.6 Å². The van der Waals surface area contributed by atoms with Gasteiger partial charge in [0, 0.05) is 0 Å². The number of nitrogens with one attached hydrogen (secondary N) is 1. The summed E-state index contributed by atoms with van der Waals surface area (Å²) >= 11 is 0. The molecule has 2 N–H and O–H groups in total. The number of aromatic nitrogens is 2. The molecule has 1 saturated carbocycles. The Morgan fingerprint density at radius 1 is 1.38 bits per heavy atom. The average Bonchev–Trinajstić information content (AvgIpc) is 2.93. The molecule has 1 amide bonds. The number of carboxylic acids is 1. The molecular formula is C14H21N3O4. The first kappa shape index (κ1) is 15.3. The number of carbonyl (C=O) groups excluding carboxylic acids is 1. The Labute approximate surface area is 123 Å². The minimum absolute atomic E-state index is 0.0206. The lowest BCUT2D eigenvalue weighted by Gasteiger charge is -2.21. The molecular weight excluding hydrogens is 274 g/mol. The van der Waals surface area contributed by atoms with E-state index in [4.69, 9.17) is 4.74 Å². The third-order valence-electron chi connectivity index (χ3n) is 3.32.